The van der Waals surface area contributed by atoms with E-state index < -0.39 is 0 Å². The third-order valence-electron chi connectivity index (χ3n) is 4.12. The van der Waals surface area contributed by atoms with Gasteiger partial charge in [-0.25, -0.2) is 15.0 Å². The van der Waals surface area contributed by atoms with Gasteiger partial charge in [-0.15, -0.1) is 0 Å². The van der Waals surface area contributed by atoms with Crippen molar-refractivity contribution in [1.82, 2.24) is 19.9 Å². The van der Waals surface area contributed by atoms with E-state index in [0.717, 1.165) is 24.4 Å². The van der Waals surface area contributed by atoms with Crippen LogP contribution in [-0.4, -0.2) is 33.0 Å². The van der Waals surface area contributed by atoms with Crippen molar-refractivity contribution in [2.75, 3.05) is 18.4 Å². The van der Waals surface area contributed by atoms with Gasteiger partial charge in [0.05, 0.1) is 6.33 Å². The normalized spacial score (nSPS) is 23.6. The monoisotopic (exact) mass is 260 g/mol. The Bertz CT molecular complexity index is 537. The lowest BCUT2D eigenvalue weighted by atomic mass is 9.79. The third kappa shape index (κ3) is 2.53. The molecule has 1 saturated carbocycles. The van der Waals surface area contributed by atoms with Crippen LogP contribution in [0.1, 0.15) is 25.7 Å². The van der Waals surface area contributed by atoms with Gasteiger partial charge in [-0.1, -0.05) is 12.8 Å². The van der Waals surface area contributed by atoms with E-state index in [9.17, 15) is 0 Å². The number of hydrogen-bond donors (Lipinski definition) is 3. The van der Waals surface area contributed by atoms with Crippen LogP contribution in [0.3, 0.4) is 0 Å². The zero-order valence-electron chi connectivity index (χ0n) is 11.0. The molecule has 1 fully saturated rings. The Labute approximate surface area is 112 Å². The standard InChI is InChI=1S/C13H20N6/c14-5-9-3-1-2-4-10(9)6-15-12-11-13(17-7-16-11)19-8-18-12/h7-10H,1-6,14H2,(H2,15,16,17,18,19). The molecule has 0 aliphatic heterocycles. The Balaban J connectivity index is 1.69. The highest BCUT2D eigenvalue weighted by Crippen LogP contribution is 2.29. The van der Waals surface area contributed by atoms with Crippen LogP contribution in [0.25, 0.3) is 11.2 Å². The molecule has 1 aliphatic rings. The zero-order valence-corrected chi connectivity index (χ0v) is 11.0. The number of nitrogens with zero attached hydrogens (tertiary/aromatic N) is 3. The predicted molar refractivity (Wildman–Crippen MR) is 74.7 cm³/mol. The Hall–Kier alpha value is -1.69. The van der Waals surface area contributed by atoms with Crippen LogP contribution >= 0.6 is 0 Å². The second-order valence-corrected chi connectivity index (χ2v) is 5.24. The molecule has 6 nitrogen and oxygen atoms in total. The predicted octanol–water partition coefficient (Wildman–Crippen LogP) is 1.53. The molecule has 0 bridgehead atoms. The summed E-state index contributed by atoms with van der Waals surface area (Å²) in [6.07, 6.45) is 8.33. The number of fused-ring (bicyclic) bond motifs is 1. The van der Waals surface area contributed by atoms with Crippen LogP contribution in [0.5, 0.6) is 0 Å². The summed E-state index contributed by atoms with van der Waals surface area (Å²) in [5, 5.41) is 3.43. The SMILES string of the molecule is NCC1CCCCC1CNc1ncnc2nc[nH]c12. The van der Waals surface area contributed by atoms with E-state index in [1.54, 1.807) is 12.7 Å². The maximum atomic E-state index is 5.87. The van der Waals surface area contributed by atoms with Crippen molar-refractivity contribution < 1.29 is 0 Å². The molecule has 6 heteroatoms. The summed E-state index contributed by atoms with van der Waals surface area (Å²) >= 11 is 0. The van der Waals surface area contributed by atoms with Crippen LogP contribution < -0.4 is 11.1 Å². The summed E-state index contributed by atoms with van der Waals surface area (Å²) in [5.74, 6) is 2.12. The van der Waals surface area contributed by atoms with Gasteiger partial charge < -0.3 is 16.0 Å². The van der Waals surface area contributed by atoms with Crippen molar-refractivity contribution in [3.63, 3.8) is 0 Å². The topological polar surface area (TPSA) is 92.5 Å². The van der Waals surface area contributed by atoms with Crippen LogP contribution in [0.4, 0.5) is 5.82 Å². The molecular weight excluding hydrogens is 240 g/mol. The molecule has 3 rings (SSSR count). The third-order valence-corrected chi connectivity index (χ3v) is 4.12. The van der Waals surface area contributed by atoms with Crippen molar-refractivity contribution in [1.29, 1.82) is 0 Å². The van der Waals surface area contributed by atoms with E-state index in [1.165, 1.54) is 25.7 Å². The number of nitrogens with one attached hydrogen (secondary N) is 2. The Morgan fingerprint density at radius 2 is 2.05 bits per heavy atom. The minimum Gasteiger partial charge on any atom is -0.368 e. The quantitative estimate of drug-likeness (QED) is 0.775. The summed E-state index contributed by atoms with van der Waals surface area (Å²) < 4.78 is 0. The van der Waals surface area contributed by atoms with Crippen LogP contribution in [-0.2, 0) is 0 Å². The highest BCUT2D eigenvalue weighted by Gasteiger charge is 2.23. The van der Waals surface area contributed by atoms with Crippen molar-refractivity contribution in [2.45, 2.75) is 25.7 Å². The number of imidazole rings is 1. The summed E-state index contributed by atoms with van der Waals surface area (Å²) in [6, 6.07) is 0. The maximum Gasteiger partial charge on any atom is 0.182 e. The lowest BCUT2D eigenvalue weighted by Gasteiger charge is -2.30. The number of anilines is 1. The van der Waals surface area contributed by atoms with Gasteiger partial charge in [-0.2, -0.15) is 0 Å². The van der Waals surface area contributed by atoms with Crippen molar-refractivity contribution in [3.05, 3.63) is 12.7 Å². The highest BCUT2D eigenvalue weighted by atomic mass is 15.1. The lowest BCUT2D eigenvalue weighted by molar-refractivity contribution is 0.255. The molecule has 102 valence electrons. The van der Waals surface area contributed by atoms with E-state index >= 15 is 0 Å². The zero-order chi connectivity index (χ0) is 13.1. The molecule has 19 heavy (non-hydrogen) atoms. The van der Waals surface area contributed by atoms with E-state index in [1.807, 2.05) is 0 Å². The second-order valence-electron chi connectivity index (χ2n) is 5.24. The summed E-state index contributed by atoms with van der Waals surface area (Å²) in [4.78, 5) is 15.6. The van der Waals surface area contributed by atoms with E-state index in [0.29, 0.717) is 17.5 Å². The van der Waals surface area contributed by atoms with Gasteiger partial charge in [-0.3, -0.25) is 0 Å². The Morgan fingerprint density at radius 3 is 2.89 bits per heavy atom. The van der Waals surface area contributed by atoms with E-state index in [-0.39, 0.29) is 0 Å². The molecule has 0 spiro atoms. The summed E-state index contributed by atoms with van der Waals surface area (Å²) in [6.45, 7) is 1.71. The summed E-state index contributed by atoms with van der Waals surface area (Å²) in [7, 11) is 0. The molecule has 2 unspecified atom stereocenters. The van der Waals surface area contributed by atoms with E-state index in [4.69, 9.17) is 5.73 Å². The van der Waals surface area contributed by atoms with Gasteiger partial charge in [0, 0.05) is 6.54 Å². The van der Waals surface area contributed by atoms with Gasteiger partial charge in [0.25, 0.3) is 0 Å². The van der Waals surface area contributed by atoms with Gasteiger partial charge in [0.15, 0.2) is 11.5 Å². The number of hydrogen-bond acceptors (Lipinski definition) is 5. The van der Waals surface area contributed by atoms with Gasteiger partial charge >= 0.3 is 0 Å². The molecule has 2 atom stereocenters. The highest BCUT2D eigenvalue weighted by molar-refractivity contribution is 5.81. The van der Waals surface area contributed by atoms with Crippen LogP contribution in [0.15, 0.2) is 12.7 Å². The smallest absolute Gasteiger partial charge is 0.182 e. The van der Waals surface area contributed by atoms with Crippen LogP contribution in [0, 0.1) is 11.8 Å². The molecule has 2 heterocycles. The van der Waals surface area contributed by atoms with Crippen LogP contribution in [0.2, 0.25) is 0 Å². The Morgan fingerprint density at radius 1 is 1.21 bits per heavy atom. The number of rotatable bonds is 4. The molecule has 0 radical (unpaired) electrons. The molecule has 4 N–H and O–H groups in total. The second kappa shape index (κ2) is 5.52. The average molecular weight is 260 g/mol. The number of H-pyrrole nitrogens is 1. The molecule has 0 saturated heterocycles. The fourth-order valence-corrected chi connectivity index (χ4v) is 2.99. The van der Waals surface area contributed by atoms with E-state index in [2.05, 4.69) is 25.3 Å². The number of aromatic nitrogens is 4. The first-order valence-electron chi connectivity index (χ1n) is 6.96. The summed E-state index contributed by atoms with van der Waals surface area (Å²) in [5.41, 5.74) is 7.45. The molecule has 2 aromatic heterocycles. The Kier molecular flexibility index (Phi) is 3.59. The fourth-order valence-electron chi connectivity index (χ4n) is 2.99. The van der Waals surface area contributed by atoms with Crippen molar-refractivity contribution >= 4 is 17.0 Å². The molecule has 2 aromatic rings. The van der Waals surface area contributed by atoms with Gasteiger partial charge in [-0.05, 0) is 31.2 Å². The minimum absolute atomic E-state index is 0.639. The maximum absolute atomic E-state index is 5.87. The van der Waals surface area contributed by atoms with Crippen molar-refractivity contribution in [3.8, 4) is 0 Å². The first-order chi connectivity index (χ1) is 9.38. The number of nitrogens with two attached hydrogens (primary N) is 1. The minimum atomic E-state index is 0.639. The largest absolute Gasteiger partial charge is 0.368 e. The van der Waals surface area contributed by atoms with Crippen molar-refractivity contribution in [2.24, 2.45) is 17.6 Å². The molecule has 0 amide bonds. The fraction of sp³-hybridized carbons (Fsp3) is 0.615. The molecule has 0 aromatic carbocycles. The first-order valence-corrected chi connectivity index (χ1v) is 6.96. The number of aromatic amines is 1. The first kappa shape index (κ1) is 12.3. The molecule has 1 aliphatic carbocycles. The molecular formula is C13H20N6. The van der Waals surface area contributed by atoms with Gasteiger partial charge in [0.1, 0.15) is 11.8 Å². The average Bonchev–Trinajstić information content (AvgIpc) is 2.94. The lowest BCUT2D eigenvalue weighted by Crippen LogP contribution is -2.31. The van der Waals surface area contributed by atoms with Gasteiger partial charge in [0.2, 0.25) is 0 Å².